The summed E-state index contributed by atoms with van der Waals surface area (Å²) in [6.45, 7) is 2.16. The van der Waals surface area contributed by atoms with Crippen LogP contribution in [0.4, 0.5) is 0 Å². The monoisotopic (exact) mass is 246 g/mol. The molecule has 1 N–H and O–H groups in total. The SMILES string of the molecule is CC1CCCCC1(O)c1ccc(OC2CC2)cc1. The van der Waals surface area contributed by atoms with E-state index < -0.39 is 5.60 Å². The van der Waals surface area contributed by atoms with Crippen molar-refractivity contribution in [2.45, 2.75) is 57.2 Å². The number of hydrogen-bond donors (Lipinski definition) is 1. The first-order valence-corrected chi connectivity index (χ1v) is 7.18. The van der Waals surface area contributed by atoms with Crippen LogP contribution in [-0.2, 0) is 5.60 Å². The quantitative estimate of drug-likeness (QED) is 0.882. The van der Waals surface area contributed by atoms with Crippen molar-refractivity contribution in [2.75, 3.05) is 0 Å². The molecule has 0 aromatic heterocycles. The van der Waals surface area contributed by atoms with Gasteiger partial charge in [-0.3, -0.25) is 0 Å². The van der Waals surface area contributed by atoms with Crippen molar-refractivity contribution in [1.29, 1.82) is 0 Å². The molecule has 2 saturated carbocycles. The molecule has 18 heavy (non-hydrogen) atoms. The third kappa shape index (κ3) is 2.26. The summed E-state index contributed by atoms with van der Waals surface area (Å²) < 4.78 is 5.75. The molecule has 0 aliphatic heterocycles. The van der Waals surface area contributed by atoms with E-state index in [1.165, 1.54) is 19.3 Å². The predicted octanol–water partition coefficient (Wildman–Crippen LogP) is 3.63. The van der Waals surface area contributed by atoms with Gasteiger partial charge in [-0.25, -0.2) is 0 Å². The molecular formula is C16H22O2. The summed E-state index contributed by atoms with van der Waals surface area (Å²) in [6.07, 6.45) is 7.18. The van der Waals surface area contributed by atoms with E-state index in [-0.39, 0.29) is 0 Å². The summed E-state index contributed by atoms with van der Waals surface area (Å²) >= 11 is 0. The highest BCUT2D eigenvalue weighted by Crippen LogP contribution is 2.41. The van der Waals surface area contributed by atoms with Gasteiger partial charge < -0.3 is 9.84 Å². The molecule has 0 spiro atoms. The van der Waals surface area contributed by atoms with Crippen molar-refractivity contribution in [3.8, 4) is 5.75 Å². The molecule has 2 heteroatoms. The topological polar surface area (TPSA) is 29.5 Å². The fourth-order valence-electron chi connectivity index (χ4n) is 2.96. The lowest BCUT2D eigenvalue weighted by molar-refractivity contribution is -0.0469. The first-order valence-electron chi connectivity index (χ1n) is 7.18. The highest BCUT2D eigenvalue weighted by atomic mass is 16.5. The second kappa shape index (κ2) is 4.58. The van der Waals surface area contributed by atoms with Gasteiger partial charge in [0.25, 0.3) is 0 Å². The van der Waals surface area contributed by atoms with E-state index in [1.54, 1.807) is 0 Å². The van der Waals surface area contributed by atoms with Crippen LogP contribution < -0.4 is 4.74 Å². The summed E-state index contributed by atoms with van der Waals surface area (Å²) in [5, 5.41) is 10.9. The minimum atomic E-state index is -0.629. The molecule has 0 heterocycles. The molecule has 2 atom stereocenters. The van der Waals surface area contributed by atoms with E-state index in [9.17, 15) is 5.11 Å². The molecule has 2 aliphatic rings. The Bertz CT molecular complexity index is 408. The first-order chi connectivity index (χ1) is 8.68. The van der Waals surface area contributed by atoms with Crippen molar-refractivity contribution in [3.05, 3.63) is 29.8 Å². The van der Waals surface area contributed by atoms with Crippen LogP contribution in [0.5, 0.6) is 5.75 Å². The Morgan fingerprint density at radius 3 is 2.44 bits per heavy atom. The number of rotatable bonds is 3. The Labute approximate surface area is 109 Å². The van der Waals surface area contributed by atoms with Crippen LogP contribution in [-0.4, -0.2) is 11.2 Å². The zero-order valence-electron chi connectivity index (χ0n) is 11.1. The van der Waals surface area contributed by atoms with Crippen molar-refractivity contribution in [1.82, 2.24) is 0 Å². The van der Waals surface area contributed by atoms with Crippen LogP contribution >= 0.6 is 0 Å². The fraction of sp³-hybridized carbons (Fsp3) is 0.625. The van der Waals surface area contributed by atoms with Crippen molar-refractivity contribution in [3.63, 3.8) is 0 Å². The van der Waals surface area contributed by atoms with Crippen molar-refractivity contribution < 1.29 is 9.84 Å². The molecule has 0 bridgehead atoms. The standard InChI is InChI=1S/C16H22O2/c1-12-4-2-3-11-16(12,17)13-5-7-14(8-6-13)18-15-9-10-15/h5-8,12,15,17H,2-4,9-11H2,1H3. The third-order valence-corrected chi connectivity index (χ3v) is 4.44. The first kappa shape index (κ1) is 12.0. The average Bonchev–Trinajstić information content (AvgIpc) is 3.18. The van der Waals surface area contributed by atoms with E-state index in [1.807, 2.05) is 24.3 Å². The van der Waals surface area contributed by atoms with Gasteiger partial charge >= 0.3 is 0 Å². The van der Waals surface area contributed by atoms with Crippen LogP contribution in [0.1, 0.15) is 51.0 Å². The van der Waals surface area contributed by atoms with Crippen LogP contribution in [0.3, 0.4) is 0 Å². The third-order valence-electron chi connectivity index (χ3n) is 4.44. The van der Waals surface area contributed by atoms with E-state index >= 15 is 0 Å². The van der Waals surface area contributed by atoms with Crippen LogP contribution in [0.15, 0.2) is 24.3 Å². The molecule has 2 aliphatic carbocycles. The Balaban J connectivity index is 1.77. The van der Waals surface area contributed by atoms with Gasteiger partial charge in [0.1, 0.15) is 5.75 Å². The second-order valence-electron chi connectivity index (χ2n) is 5.91. The zero-order chi connectivity index (χ0) is 12.6. The minimum absolute atomic E-state index is 0.349. The van der Waals surface area contributed by atoms with E-state index in [0.717, 1.165) is 30.6 Å². The van der Waals surface area contributed by atoms with Gasteiger partial charge in [-0.1, -0.05) is 31.9 Å². The molecule has 2 unspecified atom stereocenters. The van der Waals surface area contributed by atoms with Gasteiger partial charge in [-0.05, 0) is 49.3 Å². The second-order valence-corrected chi connectivity index (χ2v) is 5.91. The average molecular weight is 246 g/mol. The van der Waals surface area contributed by atoms with Gasteiger partial charge in [-0.15, -0.1) is 0 Å². The van der Waals surface area contributed by atoms with Gasteiger partial charge in [0, 0.05) is 0 Å². The molecule has 0 radical (unpaired) electrons. The smallest absolute Gasteiger partial charge is 0.119 e. The summed E-state index contributed by atoms with van der Waals surface area (Å²) in [7, 11) is 0. The summed E-state index contributed by atoms with van der Waals surface area (Å²) in [6, 6.07) is 8.10. The Hall–Kier alpha value is -1.02. The maximum atomic E-state index is 10.9. The summed E-state index contributed by atoms with van der Waals surface area (Å²) in [4.78, 5) is 0. The van der Waals surface area contributed by atoms with Gasteiger partial charge in [-0.2, -0.15) is 0 Å². The molecule has 3 rings (SSSR count). The van der Waals surface area contributed by atoms with Crippen LogP contribution in [0.2, 0.25) is 0 Å². The molecule has 98 valence electrons. The number of aliphatic hydroxyl groups is 1. The molecule has 0 amide bonds. The Morgan fingerprint density at radius 1 is 1.11 bits per heavy atom. The molecule has 0 saturated heterocycles. The predicted molar refractivity (Wildman–Crippen MR) is 71.6 cm³/mol. The lowest BCUT2D eigenvalue weighted by atomic mass is 9.72. The Morgan fingerprint density at radius 2 is 1.83 bits per heavy atom. The summed E-state index contributed by atoms with van der Waals surface area (Å²) in [5.74, 6) is 1.29. The number of ether oxygens (including phenoxy) is 1. The summed E-state index contributed by atoms with van der Waals surface area (Å²) in [5.41, 5.74) is 0.425. The fourth-order valence-corrected chi connectivity index (χ4v) is 2.96. The molecular weight excluding hydrogens is 224 g/mol. The number of hydrogen-bond acceptors (Lipinski definition) is 2. The Kier molecular flexibility index (Phi) is 3.06. The normalized spacial score (nSPS) is 32.2. The van der Waals surface area contributed by atoms with Gasteiger partial charge in [0.15, 0.2) is 0 Å². The lowest BCUT2D eigenvalue weighted by Gasteiger charge is -2.38. The van der Waals surface area contributed by atoms with Crippen molar-refractivity contribution in [2.24, 2.45) is 5.92 Å². The number of benzene rings is 1. The van der Waals surface area contributed by atoms with Crippen molar-refractivity contribution >= 4 is 0 Å². The largest absolute Gasteiger partial charge is 0.490 e. The zero-order valence-corrected chi connectivity index (χ0v) is 11.1. The minimum Gasteiger partial charge on any atom is -0.490 e. The van der Waals surface area contributed by atoms with E-state index in [2.05, 4.69) is 6.92 Å². The molecule has 2 nitrogen and oxygen atoms in total. The molecule has 1 aromatic carbocycles. The van der Waals surface area contributed by atoms with Crippen LogP contribution in [0.25, 0.3) is 0 Å². The van der Waals surface area contributed by atoms with Crippen LogP contribution in [0, 0.1) is 5.92 Å². The highest BCUT2D eigenvalue weighted by molar-refractivity contribution is 5.32. The van der Waals surface area contributed by atoms with E-state index in [4.69, 9.17) is 4.74 Å². The molecule has 1 aromatic rings. The molecule has 2 fully saturated rings. The maximum absolute atomic E-state index is 10.9. The van der Waals surface area contributed by atoms with Gasteiger partial charge in [0.05, 0.1) is 11.7 Å². The van der Waals surface area contributed by atoms with E-state index in [0.29, 0.717) is 12.0 Å². The van der Waals surface area contributed by atoms with Gasteiger partial charge in [0.2, 0.25) is 0 Å². The lowest BCUT2D eigenvalue weighted by Crippen LogP contribution is -2.36. The maximum Gasteiger partial charge on any atom is 0.119 e. The highest BCUT2D eigenvalue weighted by Gasteiger charge is 2.37.